The zero-order valence-electron chi connectivity index (χ0n) is 11.2. The van der Waals surface area contributed by atoms with E-state index in [0.717, 1.165) is 17.8 Å². The molecule has 0 fully saturated rings. The molecule has 1 N–H and O–H groups in total. The molecule has 20 heavy (non-hydrogen) atoms. The van der Waals surface area contributed by atoms with E-state index >= 15 is 0 Å². The van der Waals surface area contributed by atoms with Gasteiger partial charge in [-0.3, -0.25) is 0 Å². The fourth-order valence-electron chi connectivity index (χ4n) is 1.91. The van der Waals surface area contributed by atoms with Gasteiger partial charge in [-0.05, 0) is 36.8 Å². The summed E-state index contributed by atoms with van der Waals surface area (Å²) >= 11 is 1.78. The van der Waals surface area contributed by atoms with Gasteiger partial charge < -0.3 is 5.32 Å². The van der Waals surface area contributed by atoms with Crippen LogP contribution in [-0.4, -0.2) is 9.97 Å². The molecule has 0 unspecified atom stereocenters. The number of aromatic nitrogens is 2. The fourth-order valence-corrected chi connectivity index (χ4v) is 2.83. The standard InChI is InChI=1S/C16H15N3S/c1-2-13-8-9-15(20-13)14-10-11-17-16(19-14)18-12-6-4-3-5-7-12/h3-11H,2H2,1H3,(H,17,18,19). The Hall–Kier alpha value is -2.20. The molecule has 0 radical (unpaired) electrons. The van der Waals surface area contributed by atoms with Gasteiger partial charge >= 0.3 is 0 Å². The predicted molar refractivity (Wildman–Crippen MR) is 84.4 cm³/mol. The second-order valence-corrected chi connectivity index (χ2v) is 5.54. The number of nitrogens with one attached hydrogen (secondary N) is 1. The van der Waals surface area contributed by atoms with Crippen LogP contribution in [0.25, 0.3) is 10.6 Å². The minimum Gasteiger partial charge on any atom is -0.324 e. The molecule has 3 rings (SSSR count). The zero-order valence-corrected chi connectivity index (χ0v) is 12.0. The molecule has 0 bridgehead atoms. The van der Waals surface area contributed by atoms with Gasteiger partial charge in [0.1, 0.15) is 0 Å². The Morgan fingerprint density at radius 3 is 2.65 bits per heavy atom. The Morgan fingerprint density at radius 2 is 1.90 bits per heavy atom. The van der Waals surface area contributed by atoms with Crippen LogP contribution >= 0.6 is 11.3 Å². The Balaban J connectivity index is 1.86. The van der Waals surface area contributed by atoms with Crippen LogP contribution in [0.15, 0.2) is 54.7 Å². The molecular weight excluding hydrogens is 266 g/mol. The number of anilines is 2. The molecule has 0 aliphatic carbocycles. The van der Waals surface area contributed by atoms with E-state index in [0.29, 0.717) is 5.95 Å². The quantitative estimate of drug-likeness (QED) is 0.764. The molecule has 0 atom stereocenters. The first-order valence-electron chi connectivity index (χ1n) is 6.59. The Bertz CT molecular complexity index is 692. The summed E-state index contributed by atoms with van der Waals surface area (Å²) in [5.41, 5.74) is 1.95. The summed E-state index contributed by atoms with van der Waals surface area (Å²) < 4.78 is 0. The van der Waals surface area contributed by atoms with Crippen LogP contribution in [-0.2, 0) is 6.42 Å². The van der Waals surface area contributed by atoms with Crippen molar-refractivity contribution in [2.45, 2.75) is 13.3 Å². The lowest BCUT2D eigenvalue weighted by molar-refractivity contribution is 1.17. The second kappa shape index (κ2) is 5.84. The predicted octanol–water partition coefficient (Wildman–Crippen LogP) is 4.51. The highest BCUT2D eigenvalue weighted by molar-refractivity contribution is 7.15. The number of rotatable bonds is 4. The van der Waals surface area contributed by atoms with E-state index < -0.39 is 0 Å². The number of aryl methyl sites for hydroxylation is 1. The molecule has 0 amide bonds. The molecule has 3 aromatic rings. The van der Waals surface area contributed by atoms with E-state index in [9.17, 15) is 0 Å². The highest BCUT2D eigenvalue weighted by Gasteiger charge is 2.05. The minimum absolute atomic E-state index is 0.625. The lowest BCUT2D eigenvalue weighted by Gasteiger charge is -2.05. The molecule has 4 heteroatoms. The van der Waals surface area contributed by atoms with E-state index in [2.05, 4.69) is 34.3 Å². The van der Waals surface area contributed by atoms with Gasteiger partial charge in [-0.1, -0.05) is 25.1 Å². The third-order valence-corrected chi connectivity index (χ3v) is 4.20. The molecular formula is C16H15N3S. The number of thiophene rings is 1. The number of para-hydroxylation sites is 1. The zero-order chi connectivity index (χ0) is 13.8. The highest BCUT2D eigenvalue weighted by atomic mass is 32.1. The maximum atomic E-state index is 4.57. The molecule has 0 aliphatic heterocycles. The van der Waals surface area contributed by atoms with Gasteiger partial charge in [-0.25, -0.2) is 9.97 Å². The van der Waals surface area contributed by atoms with Gasteiger partial charge in [0.2, 0.25) is 5.95 Å². The summed E-state index contributed by atoms with van der Waals surface area (Å²) in [6, 6.07) is 16.2. The highest BCUT2D eigenvalue weighted by Crippen LogP contribution is 2.27. The summed E-state index contributed by atoms with van der Waals surface area (Å²) in [6.45, 7) is 2.16. The first kappa shape index (κ1) is 12.8. The van der Waals surface area contributed by atoms with Crippen LogP contribution in [0.5, 0.6) is 0 Å². The van der Waals surface area contributed by atoms with Gasteiger partial charge in [0.15, 0.2) is 0 Å². The maximum absolute atomic E-state index is 4.57. The Morgan fingerprint density at radius 1 is 1.05 bits per heavy atom. The first-order valence-corrected chi connectivity index (χ1v) is 7.41. The molecule has 3 nitrogen and oxygen atoms in total. The average Bonchev–Trinajstić information content (AvgIpc) is 2.98. The SMILES string of the molecule is CCc1ccc(-c2ccnc(Nc3ccccc3)n2)s1. The first-order chi connectivity index (χ1) is 9.85. The van der Waals surface area contributed by atoms with Crippen molar-refractivity contribution in [3.05, 3.63) is 59.6 Å². The Kier molecular flexibility index (Phi) is 3.74. The van der Waals surface area contributed by atoms with Crippen LogP contribution in [0.4, 0.5) is 11.6 Å². The molecule has 1 aromatic carbocycles. The summed E-state index contributed by atoms with van der Waals surface area (Å²) in [5.74, 6) is 0.625. The summed E-state index contributed by atoms with van der Waals surface area (Å²) in [6.07, 6.45) is 2.85. The van der Waals surface area contributed by atoms with Crippen LogP contribution in [0, 0.1) is 0 Å². The molecule has 0 saturated carbocycles. The largest absolute Gasteiger partial charge is 0.324 e. The molecule has 100 valence electrons. The van der Waals surface area contributed by atoms with Crippen molar-refractivity contribution >= 4 is 23.0 Å². The van der Waals surface area contributed by atoms with Crippen molar-refractivity contribution in [1.29, 1.82) is 0 Å². The van der Waals surface area contributed by atoms with Crippen molar-refractivity contribution in [3.63, 3.8) is 0 Å². The van der Waals surface area contributed by atoms with E-state index in [4.69, 9.17) is 0 Å². The van der Waals surface area contributed by atoms with E-state index in [1.54, 1.807) is 17.5 Å². The number of hydrogen-bond donors (Lipinski definition) is 1. The molecule has 2 aromatic heterocycles. The van der Waals surface area contributed by atoms with Crippen molar-refractivity contribution in [2.75, 3.05) is 5.32 Å². The van der Waals surface area contributed by atoms with Crippen LogP contribution in [0.3, 0.4) is 0 Å². The topological polar surface area (TPSA) is 37.8 Å². The summed E-state index contributed by atoms with van der Waals surface area (Å²) in [7, 11) is 0. The van der Waals surface area contributed by atoms with Crippen molar-refractivity contribution < 1.29 is 0 Å². The average molecular weight is 281 g/mol. The van der Waals surface area contributed by atoms with Crippen LogP contribution in [0.1, 0.15) is 11.8 Å². The van der Waals surface area contributed by atoms with Crippen molar-refractivity contribution in [2.24, 2.45) is 0 Å². The van der Waals surface area contributed by atoms with Crippen LogP contribution in [0.2, 0.25) is 0 Å². The molecule has 0 saturated heterocycles. The third-order valence-electron chi connectivity index (χ3n) is 2.95. The van der Waals surface area contributed by atoms with Crippen molar-refractivity contribution in [3.8, 4) is 10.6 Å². The smallest absolute Gasteiger partial charge is 0.227 e. The lowest BCUT2D eigenvalue weighted by Crippen LogP contribution is -1.96. The fraction of sp³-hybridized carbons (Fsp3) is 0.125. The minimum atomic E-state index is 0.625. The van der Waals surface area contributed by atoms with Gasteiger partial charge in [-0.2, -0.15) is 0 Å². The third kappa shape index (κ3) is 2.86. The van der Waals surface area contributed by atoms with Gasteiger partial charge in [0.25, 0.3) is 0 Å². The van der Waals surface area contributed by atoms with Gasteiger partial charge in [0.05, 0.1) is 10.6 Å². The monoisotopic (exact) mass is 281 g/mol. The molecule has 0 aliphatic rings. The number of hydrogen-bond acceptors (Lipinski definition) is 4. The van der Waals surface area contributed by atoms with E-state index in [1.165, 1.54) is 9.75 Å². The maximum Gasteiger partial charge on any atom is 0.227 e. The summed E-state index contributed by atoms with van der Waals surface area (Å²) in [4.78, 5) is 11.4. The van der Waals surface area contributed by atoms with Crippen LogP contribution < -0.4 is 5.32 Å². The van der Waals surface area contributed by atoms with E-state index in [1.807, 2.05) is 36.4 Å². The number of nitrogens with zero attached hydrogens (tertiary/aromatic N) is 2. The Labute approximate surface area is 122 Å². The number of benzene rings is 1. The van der Waals surface area contributed by atoms with Gasteiger partial charge in [-0.15, -0.1) is 11.3 Å². The summed E-state index contributed by atoms with van der Waals surface area (Å²) in [5, 5.41) is 3.22. The van der Waals surface area contributed by atoms with E-state index in [-0.39, 0.29) is 0 Å². The molecule has 2 heterocycles. The lowest BCUT2D eigenvalue weighted by atomic mass is 10.3. The molecule has 0 spiro atoms. The van der Waals surface area contributed by atoms with Gasteiger partial charge in [0, 0.05) is 16.8 Å². The normalized spacial score (nSPS) is 10.4. The van der Waals surface area contributed by atoms with Crippen molar-refractivity contribution in [1.82, 2.24) is 9.97 Å². The second-order valence-electron chi connectivity index (χ2n) is 4.38.